The first-order valence-electron chi connectivity index (χ1n) is 8.38. The van der Waals surface area contributed by atoms with Crippen molar-refractivity contribution in [2.24, 2.45) is 5.92 Å². The summed E-state index contributed by atoms with van der Waals surface area (Å²) in [5.74, 6) is -3.33. The molecular formula is C20H18F2N2O3. The van der Waals surface area contributed by atoms with Gasteiger partial charge in [0.05, 0.1) is 5.92 Å². The first-order valence-corrected chi connectivity index (χ1v) is 8.38. The number of hydrogen-bond donors (Lipinski definition) is 3. The molecule has 27 heavy (non-hydrogen) atoms. The van der Waals surface area contributed by atoms with Crippen molar-refractivity contribution in [3.8, 4) is 0 Å². The standard InChI is InChI=1S/C20H18F2N2O3/c1-11-5-15(22)8-17-16(11)9-18(24-17)19(25)23-10-13(20(26)27)6-12-3-2-4-14(21)7-12/h2-5,7-9,13,24H,6,10H2,1H3,(H,23,25)(H,26,27). The van der Waals surface area contributed by atoms with E-state index in [0.29, 0.717) is 16.6 Å². The van der Waals surface area contributed by atoms with E-state index >= 15 is 0 Å². The molecule has 1 aromatic heterocycles. The highest BCUT2D eigenvalue weighted by Crippen LogP contribution is 2.21. The summed E-state index contributed by atoms with van der Waals surface area (Å²) in [5.41, 5.74) is 1.93. The molecule has 3 aromatic rings. The van der Waals surface area contributed by atoms with Crippen LogP contribution in [0.25, 0.3) is 10.9 Å². The lowest BCUT2D eigenvalue weighted by Gasteiger charge is -2.13. The van der Waals surface area contributed by atoms with Gasteiger partial charge in [0.25, 0.3) is 5.91 Å². The Morgan fingerprint density at radius 2 is 1.93 bits per heavy atom. The highest BCUT2D eigenvalue weighted by Gasteiger charge is 2.20. The van der Waals surface area contributed by atoms with E-state index in [1.807, 2.05) is 0 Å². The van der Waals surface area contributed by atoms with Crippen LogP contribution in [0.15, 0.2) is 42.5 Å². The Morgan fingerprint density at radius 3 is 2.63 bits per heavy atom. The second-order valence-electron chi connectivity index (χ2n) is 6.45. The number of carbonyl (C=O) groups excluding carboxylic acids is 1. The Morgan fingerprint density at radius 1 is 1.15 bits per heavy atom. The molecule has 0 saturated heterocycles. The average Bonchev–Trinajstić information content (AvgIpc) is 3.02. The molecule has 0 bridgehead atoms. The molecule has 7 heteroatoms. The van der Waals surface area contributed by atoms with Crippen LogP contribution in [0, 0.1) is 24.5 Å². The Balaban J connectivity index is 1.71. The van der Waals surface area contributed by atoms with E-state index in [4.69, 9.17) is 0 Å². The van der Waals surface area contributed by atoms with Crippen LogP contribution in [0.3, 0.4) is 0 Å². The molecule has 140 valence electrons. The number of aliphatic carboxylic acids is 1. The van der Waals surface area contributed by atoms with Crippen LogP contribution in [0.4, 0.5) is 8.78 Å². The van der Waals surface area contributed by atoms with Gasteiger partial charge >= 0.3 is 5.97 Å². The number of amides is 1. The number of carboxylic acid groups (broad SMARTS) is 1. The number of aromatic nitrogens is 1. The predicted octanol–water partition coefficient (Wildman–Crippen LogP) is 3.43. The van der Waals surface area contributed by atoms with Crippen LogP contribution >= 0.6 is 0 Å². The van der Waals surface area contributed by atoms with Crippen molar-refractivity contribution in [3.05, 3.63) is 70.9 Å². The topological polar surface area (TPSA) is 82.2 Å². The number of aromatic amines is 1. The Labute approximate surface area is 154 Å². The number of benzene rings is 2. The summed E-state index contributed by atoms with van der Waals surface area (Å²) in [6, 6.07) is 9.96. The van der Waals surface area contributed by atoms with Gasteiger partial charge in [-0.25, -0.2) is 8.78 Å². The normalized spacial score (nSPS) is 12.1. The monoisotopic (exact) mass is 372 g/mol. The van der Waals surface area contributed by atoms with Crippen LogP contribution in [0.5, 0.6) is 0 Å². The number of hydrogen-bond acceptors (Lipinski definition) is 2. The highest BCUT2D eigenvalue weighted by molar-refractivity contribution is 5.99. The van der Waals surface area contributed by atoms with Gasteiger partial charge < -0.3 is 15.4 Å². The molecule has 5 nitrogen and oxygen atoms in total. The Bertz CT molecular complexity index is 1010. The fourth-order valence-electron chi connectivity index (χ4n) is 3.00. The van der Waals surface area contributed by atoms with Gasteiger partial charge in [0.15, 0.2) is 0 Å². The van der Waals surface area contributed by atoms with Crippen molar-refractivity contribution in [2.75, 3.05) is 6.54 Å². The number of nitrogens with one attached hydrogen (secondary N) is 2. The van der Waals surface area contributed by atoms with Gasteiger partial charge in [-0.15, -0.1) is 0 Å². The number of H-pyrrole nitrogens is 1. The molecular weight excluding hydrogens is 354 g/mol. The number of fused-ring (bicyclic) bond motifs is 1. The summed E-state index contributed by atoms with van der Waals surface area (Å²) in [5, 5.41) is 12.7. The van der Waals surface area contributed by atoms with E-state index in [9.17, 15) is 23.5 Å². The van der Waals surface area contributed by atoms with Gasteiger partial charge in [-0.1, -0.05) is 12.1 Å². The summed E-state index contributed by atoms with van der Waals surface area (Å²) < 4.78 is 26.7. The molecule has 0 radical (unpaired) electrons. The number of carboxylic acids is 1. The quantitative estimate of drug-likeness (QED) is 0.620. The fraction of sp³-hybridized carbons (Fsp3) is 0.200. The largest absolute Gasteiger partial charge is 0.481 e. The van der Waals surface area contributed by atoms with Crippen LogP contribution in [-0.4, -0.2) is 28.5 Å². The molecule has 3 rings (SSSR count). The summed E-state index contributed by atoms with van der Waals surface area (Å²) in [7, 11) is 0. The third-order valence-electron chi connectivity index (χ3n) is 4.38. The lowest BCUT2D eigenvalue weighted by molar-refractivity contribution is -0.141. The van der Waals surface area contributed by atoms with Crippen LogP contribution in [-0.2, 0) is 11.2 Å². The summed E-state index contributed by atoms with van der Waals surface area (Å²) in [4.78, 5) is 26.7. The maximum Gasteiger partial charge on any atom is 0.308 e. The molecule has 1 heterocycles. The molecule has 2 aromatic carbocycles. The maximum absolute atomic E-state index is 13.5. The molecule has 0 aliphatic heterocycles. The molecule has 3 N–H and O–H groups in total. The summed E-state index contributed by atoms with van der Waals surface area (Å²) in [6.45, 7) is 1.62. The predicted molar refractivity (Wildman–Crippen MR) is 96.6 cm³/mol. The summed E-state index contributed by atoms with van der Waals surface area (Å²) in [6.07, 6.45) is 0.0877. The average molecular weight is 372 g/mol. The second kappa shape index (κ2) is 7.57. The zero-order valence-electron chi connectivity index (χ0n) is 14.6. The Hall–Kier alpha value is -3.22. The third-order valence-corrected chi connectivity index (χ3v) is 4.38. The summed E-state index contributed by atoms with van der Waals surface area (Å²) >= 11 is 0. The van der Waals surface area contributed by atoms with Crippen molar-refractivity contribution < 1.29 is 23.5 Å². The fourth-order valence-corrected chi connectivity index (χ4v) is 3.00. The molecule has 0 saturated carbocycles. The van der Waals surface area contributed by atoms with E-state index in [0.717, 1.165) is 5.39 Å². The lowest BCUT2D eigenvalue weighted by Crippen LogP contribution is -2.34. The third kappa shape index (κ3) is 4.31. The van der Waals surface area contributed by atoms with Gasteiger partial charge in [0.2, 0.25) is 0 Å². The van der Waals surface area contributed by atoms with Crippen molar-refractivity contribution in [1.82, 2.24) is 10.3 Å². The molecule has 0 spiro atoms. The number of halogens is 2. The van der Waals surface area contributed by atoms with Gasteiger partial charge in [-0.2, -0.15) is 0 Å². The van der Waals surface area contributed by atoms with Crippen LogP contribution < -0.4 is 5.32 Å². The SMILES string of the molecule is Cc1cc(F)cc2[nH]c(C(=O)NCC(Cc3cccc(F)c3)C(=O)O)cc12. The minimum absolute atomic E-state index is 0.0877. The second-order valence-corrected chi connectivity index (χ2v) is 6.45. The minimum Gasteiger partial charge on any atom is -0.481 e. The zero-order valence-corrected chi connectivity index (χ0v) is 14.6. The molecule has 1 atom stereocenters. The van der Waals surface area contributed by atoms with Crippen molar-refractivity contribution >= 4 is 22.8 Å². The first-order chi connectivity index (χ1) is 12.8. The molecule has 1 amide bonds. The molecule has 1 unspecified atom stereocenters. The van der Waals surface area contributed by atoms with Crippen LogP contribution in [0.1, 0.15) is 21.6 Å². The van der Waals surface area contributed by atoms with Gasteiger partial charge in [0.1, 0.15) is 17.3 Å². The lowest BCUT2D eigenvalue weighted by atomic mass is 9.99. The van der Waals surface area contributed by atoms with Crippen molar-refractivity contribution in [3.63, 3.8) is 0 Å². The van der Waals surface area contributed by atoms with Crippen molar-refractivity contribution in [1.29, 1.82) is 0 Å². The zero-order chi connectivity index (χ0) is 19.6. The van der Waals surface area contributed by atoms with E-state index in [1.54, 1.807) is 19.1 Å². The van der Waals surface area contributed by atoms with Crippen molar-refractivity contribution in [2.45, 2.75) is 13.3 Å². The number of carbonyl (C=O) groups is 2. The highest BCUT2D eigenvalue weighted by atomic mass is 19.1. The van der Waals surface area contributed by atoms with Gasteiger partial charge in [-0.3, -0.25) is 9.59 Å². The maximum atomic E-state index is 13.5. The van der Waals surface area contributed by atoms with E-state index in [1.165, 1.54) is 30.3 Å². The number of rotatable bonds is 6. The van der Waals surface area contributed by atoms with Gasteiger partial charge in [0, 0.05) is 17.4 Å². The minimum atomic E-state index is -1.09. The van der Waals surface area contributed by atoms with E-state index < -0.39 is 29.4 Å². The van der Waals surface area contributed by atoms with E-state index in [2.05, 4.69) is 10.3 Å². The molecule has 0 aliphatic rings. The van der Waals surface area contributed by atoms with Crippen LogP contribution in [0.2, 0.25) is 0 Å². The van der Waals surface area contributed by atoms with Gasteiger partial charge in [-0.05, 0) is 54.8 Å². The number of aryl methyl sites for hydroxylation is 1. The molecule has 0 aliphatic carbocycles. The van der Waals surface area contributed by atoms with E-state index in [-0.39, 0.29) is 18.7 Å². The molecule has 0 fully saturated rings. The smallest absolute Gasteiger partial charge is 0.308 e. The Kier molecular flexibility index (Phi) is 5.21. The first kappa shape index (κ1) is 18.6.